The van der Waals surface area contributed by atoms with E-state index in [0.29, 0.717) is 31.7 Å². The van der Waals surface area contributed by atoms with Gasteiger partial charge in [0.25, 0.3) is 0 Å². The molecule has 0 N–H and O–H groups in total. The second-order valence-electron chi connectivity index (χ2n) is 4.33. The number of hydrogen-bond acceptors (Lipinski definition) is 2. The average molecular weight is 364 g/mol. The van der Waals surface area contributed by atoms with Gasteiger partial charge in [0, 0.05) is 11.1 Å². The van der Waals surface area contributed by atoms with Gasteiger partial charge in [-0.1, -0.05) is 37.0 Å². The molecule has 0 saturated carbocycles. The summed E-state index contributed by atoms with van der Waals surface area (Å²) < 4.78 is 13.5. The summed E-state index contributed by atoms with van der Waals surface area (Å²) in [5.41, 5.74) is 1.36. The molecule has 0 aliphatic carbocycles. The minimum absolute atomic E-state index is 0.133. The van der Waals surface area contributed by atoms with Crippen molar-refractivity contribution in [3.63, 3.8) is 0 Å². The van der Waals surface area contributed by atoms with Crippen LogP contribution in [0.3, 0.4) is 0 Å². The zero-order chi connectivity index (χ0) is 14.2. The molecule has 0 amide bonds. The molecule has 2 nitrogen and oxygen atoms in total. The highest BCUT2D eigenvalue weighted by Crippen LogP contribution is 2.31. The first-order valence-electron chi connectivity index (χ1n) is 5.58. The zero-order valence-electron chi connectivity index (χ0n) is 10.2. The van der Waals surface area contributed by atoms with Crippen LogP contribution in [0.2, 0.25) is 10.3 Å². The van der Waals surface area contributed by atoms with Crippen LogP contribution in [0, 0.1) is 5.82 Å². The Labute approximate surface area is 129 Å². The molecule has 0 aliphatic heterocycles. The van der Waals surface area contributed by atoms with Gasteiger partial charge in [-0.15, -0.1) is 0 Å². The number of rotatable bonds is 2. The van der Waals surface area contributed by atoms with E-state index in [9.17, 15) is 4.39 Å². The second kappa shape index (κ2) is 5.73. The molecule has 0 bridgehead atoms. The van der Waals surface area contributed by atoms with E-state index in [1.807, 2.05) is 13.8 Å². The summed E-state index contributed by atoms with van der Waals surface area (Å²) in [4.78, 5) is 8.45. The summed E-state index contributed by atoms with van der Waals surface area (Å²) in [6, 6.07) is 4.50. The number of hydrogen-bond donors (Lipinski definition) is 0. The minimum Gasteiger partial charge on any atom is -0.216 e. The number of benzene rings is 1. The molecule has 19 heavy (non-hydrogen) atoms. The van der Waals surface area contributed by atoms with Crippen LogP contribution < -0.4 is 0 Å². The van der Waals surface area contributed by atoms with Crippen molar-refractivity contribution < 1.29 is 4.39 Å². The first-order chi connectivity index (χ1) is 8.90. The van der Waals surface area contributed by atoms with Gasteiger partial charge >= 0.3 is 0 Å². The molecular formula is C13H10BrCl2FN2. The van der Waals surface area contributed by atoms with E-state index in [1.165, 1.54) is 6.07 Å². The van der Waals surface area contributed by atoms with Crippen LogP contribution in [-0.2, 0) is 0 Å². The monoisotopic (exact) mass is 362 g/mol. The van der Waals surface area contributed by atoms with Gasteiger partial charge < -0.3 is 0 Å². The Kier molecular flexibility index (Phi) is 4.43. The SMILES string of the molecule is CC(C)c1c(Cl)nc(-c2ccc(F)c(Br)c2)nc1Cl. The summed E-state index contributed by atoms with van der Waals surface area (Å²) >= 11 is 15.4. The summed E-state index contributed by atoms with van der Waals surface area (Å²) in [5.74, 6) is 0.161. The molecule has 100 valence electrons. The van der Waals surface area contributed by atoms with Crippen LogP contribution in [-0.4, -0.2) is 9.97 Å². The molecule has 0 aliphatic rings. The maximum absolute atomic E-state index is 13.2. The van der Waals surface area contributed by atoms with Crippen LogP contribution in [0.1, 0.15) is 25.3 Å². The lowest BCUT2D eigenvalue weighted by molar-refractivity contribution is 0.621. The number of halogens is 4. The highest BCUT2D eigenvalue weighted by atomic mass is 79.9. The van der Waals surface area contributed by atoms with Crippen molar-refractivity contribution in [1.29, 1.82) is 0 Å². The quantitative estimate of drug-likeness (QED) is 0.660. The predicted molar refractivity (Wildman–Crippen MR) is 79.2 cm³/mol. The smallest absolute Gasteiger partial charge is 0.162 e. The van der Waals surface area contributed by atoms with Crippen LogP contribution >= 0.6 is 39.1 Å². The van der Waals surface area contributed by atoms with E-state index in [-0.39, 0.29) is 11.7 Å². The van der Waals surface area contributed by atoms with Gasteiger partial charge in [-0.05, 0) is 40.0 Å². The van der Waals surface area contributed by atoms with Gasteiger partial charge in [-0.25, -0.2) is 14.4 Å². The van der Waals surface area contributed by atoms with E-state index in [0.717, 1.165) is 0 Å². The van der Waals surface area contributed by atoms with E-state index < -0.39 is 0 Å². The Balaban J connectivity index is 2.55. The van der Waals surface area contributed by atoms with Gasteiger partial charge in [0.15, 0.2) is 5.82 Å². The van der Waals surface area contributed by atoms with Crippen LogP contribution in [0.4, 0.5) is 4.39 Å². The largest absolute Gasteiger partial charge is 0.216 e. The van der Waals surface area contributed by atoms with Crippen molar-refractivity contribution in [3.8, 4) is 11.4 Å². The second-order valence-corrected chi connectivity index (χ2v) is 5.90. The Morgan fingerprint density at radius 1 is 1.16 bits per heavy atom. The Morgan fingerprint density at radius 2 is 1.74 bits per heavy atom. The third-order valence-corrected chi connectivity index (χ3v) is 3.79. The van der Waals surface area contributed by atoms with Crippen LogP contribution in [0.15, 0.2) is 22.7 Å². The highest BCUT2D eigenvalue weighted by molar-refractivity contribution is 9.10. The lowest BCUT2D eigenvalue weighted by Gasteiger charge is -2.11. The maximum Gasteiger partial charge on any atom is 0.162 e. The summed E-state index contributed by atoms with van der Waals surface area (Å²) in [6.45, 7) is 3.93. The maximum atomic E-state index is 13.2. The molecule has 0 unspecified atom stereocenters. The molecule has 1 aromatic heterocycles. The van der Waals surface area contributed by atoms with Crippen molar-refractivity contribution in [1.82, 2.24) is 9.97 Å². The fourth-order valence-corrected chi connectivity index (χ4v) is 2.86. The predicted octanol–water partition coefficient (Wildman–Crippen LogP) is 5.48. The average Bonchev–Trinajstić information content (AvgIpc) is 2.31. The minimum atomic E-state index is -0.347. The highest BCUT2D eigenvalue weighted by Gasteiger charge is 2.16. The first kappa shape index (κ1) is 14.7. The normalized spacial score (nSPS) is 11.1. The van der Waals surface area contributed by atoms with Gasteiger partial charge in [-0.3, -0.25) is 0 Å². The summed E-state index contributed by atoms with van der Waals surface area (Å²) in [5, 5.41) is 0.649. The van der Waals surface area contributed by atoms with Gasteiger partial charge in [-0.2, -0.15) is 0 Å². The van der Waals surface area contributed by atoms with E-state index in [1.54, 1.807) is 12.1 Å². The third-order valence-electron chi connectivity index (χ3n) is 2.61. The Morgan fingerprint density at radius 3 is 2.21 bits per heavy atom. The molecule has 6 heteroatoms. The van der Waals surface area contributed by atoms with Gasteiger partial charge in [0.2, 0.25) is 0 Å². The lowest BCUT2D eigenvalue weighted by atomic mass is 10.1. The van der Waals surface area contributed by atoms with Crippen molar-refractivity contribution in [3.05, 3.63) is 44.4 Å². The van der Waals surface area contributed by atoms with E-state index in [2.05, 4.69) is 25.9 Å². The number of aromatic nitrogens is 2. The summed E-state index contributed by atoms with van der Waals surface area (Å²) in [6.07, 6.45) is 0. The summed E-state index contributed by atoms with van der Waals surface area (Å²) in [7, 11) is 0. The fourth-order valence-electron chi connectivity index (χ4n) is 1.66. The molecular weight excluding hydrogens is 354 g/mol. The van der Waals surface area contributed by atoms with E-state index in [4.69, 9.17) is 23.2 Å². The Bertz CT molecular complexity index is 609. The molecule has 0 spiro atoms. The Hall–Kier alpha value is -0.710. The number of nitrogens with zero attached hydrogens (tertiary/aromatic N) is 2. The fraction of sp³-hybridized carbons (Fsp3) is 0.231. The molecule has 0 atom stereocenters. The lowest BCUT2D eigenvalue weighted by Crippen LogP contribution is -1.99. The molecule has 1 aromatic carbocycles. The van der Waals surface area contributed by atoms with Gasteiger partial charge in [0.1, 0.15) is 16.1 Å². The van der Waals surface area contributed by atoms with Crippen LogP contribution in [0.25, 0.3) is 11.4 Å². The molecule has 0 radical (unpaired) electrons. The zero-order valence-corrected chi connectivity index (χ0v) is 13.3. The third kappa shape index (κ3) is 3.07. The van der Waals surface area contributed by atoms with Crippen molar-refractivity contribution in [2.45, 2.75) is 19.8 Å². The molecule has 2 rings (SSSR count). The van der Waals surface area contributed by atoms with Crippen molar-refractivity contribution in [2.24, 2.45) is 0 Å². The molecule has 1 heterocycles. The van der Waals surface area contributed by atoms with Crippen molar-refractivity contribution in [2.75, 3.05) is 0 Å². The topological polar surface area (TPSA) is 25.8 Å². The van der Waals surface area contributed by atoms with Crippen molar-refractivity contribution >= 4 is 39.1 Å². The molecule has 0 fully saturated rings. The standard InChI is InChI=1S/C13H10BrCl2FN2/c1-6(2)10-11(15)18-13(19-12(10)16)7-3-4-9(17)8(14)5-7/h3-6H,1-2H3. The van der Waals surface area contributed by atoms with Gasteiger partial charge in [0.05, 0.1) is 4.47 Å². The first-order valence-corrected chi connectivity index (χ1v) is 7.13. The van der Waals surface area contributed by atoms with Crippen LogP contribution in [0.5, 0.6) is 0 Å². The molecule has 2 aromatic rings. The van der Waals surface area contributed by atoms with E-state index >= 15 is 0 Å². The molecule has 0 saturated heterocycles.